The first-order valence-corrected chi connectivity index (χ1v) is 12.9. The van der Waals surface area contributed by atoms with Gasteiger partial charge in [0.05, 0.1) is 10.7 Å². The third-order valence-corrected chi connectivity index (χ3v) is 8.06. The number of fused-ring (bicyclic) bond motifs is 1. The molecule has 3 heterocycles. The van der Waals surface area contributed by atoms with Crippen molar-refractivity contribution in [2.24, 2.45) is 0 Å². The SMILES string of the molecule is Cc1nc(CSc2ccc(C(=O)NCC3(c4ccc5c(c4)OCO5)CCOCC3)cc2)cs1. The summed E-state index contributed by atoms with van der Waals surface area (Å²) in [4.78, 5) is 18.6. The van der Waals surface area contributed by atoms with Crippen LogP contribution in [0, 0.1) is 6.92 Å². The molecule has 1 saturated heterocycles. The Morgan fingerprint density at radius 3 is 2.67 bits per heavy atom. The lowest BCUT2D eigenvalue weighted by atomic mass is 9.74. The molecule has 0 spiro atoms. The van der Waals surface area contributed by atoms with Crippen molar-refractivity contribution in [3.05, 3.63) is 69.7 Å². The zero-order chi connectivity index (χ0) is 22.7. The summed E-state index contributed by atoms with van der Waals surface area (Å²) in [5.41, 5.74) is 2.72. The Bertz CT molecular complexity index is 1120. The highest BCUT2D eigenvalue weighted by Gasteiger charge is 2.36. The van der Waals surface area contributed by atoms with Crippen LogP contribution >= 0.6 is 23.1 Å². The van der Waals surface area contributed by atoms with E-state index in [1.54, 1.807) is 23.1 Å². The van der Waals surface area contributed by atoms with Crippen LogP contribution in [0.2, 0.25) is 0 Å². The number of thioether (sulfide) groups is 1. The van der Waals surface area contributed by atoms with Crippen molar-refractivity contribution in [3.8, 4) is 11.5 Å². The number of carbonyl (C=O) groups is 1. The molecule has 0 radical (unpaired) electrons. The molecule has 172 valence electrons. The molecule has 1 aromatic heterocycles. The number of ether oxygens (including phenoxy) is 3. The maximum Gasteiger partial charge on any atom is 0.251 e. The highest BCUT2D eigenvalue weighted by atomic mass is 32.2. The first-order valence-electron chi connectivity index (χ1n) is 11.0. The number of benzene rings is 2. The van der Waals surface area contributed by atoms with Crippen LogP contribution < -0.4 is 14.8 Å². The van der Waals surface area contributed by atoms with E-state index in [0.29, 0.717) is 25.3 Å². The number of aryl methyl sites for hydroxylation is 1. The van der Waals surface area contributed by atoms with Crippen LogP contribution in [-0.4, -0.2) is 37.4 Å². The van der Waals surface area contributed by atoms with Crippen LogP contribution in [0.1, 0.15) is 39.5 Å². The van der Waals surface area contributed by atoms with Gasteiger partial charge in [-0.25, -0.2) is 4.98 Å². The van der Waals surface area contributed by atoms with Crippen molar-refractivity contribution in [3.63, 3.8) is 0 Å². The summed E-state index contributed by atoms with van der Waals surface area (Å²) < 4.78 is 16.7. The molecular formula is C25H26N2O4S2. The van der Waals surface area contributed by atoms with E-state index in [9.17, 15) is 4.79 Å². The van der Waals surface area contributed by atoms with Crippen molar-refractivity contribution < 1.29 is 19.0 Å². The fourth-order valence-corrected chi connectivity index (χ4v) is 5.75. The molecule has 0 atom stereocenters. The molecule has 8 heteroatoms. The van der Waals surface area contributed by atoms with Gasteiger partial charge in [-0.15, -0.1) is 23.1 Å². The Morgan fingerprint density at radius 2 is 1.91 bits per heavy atom. The van der Waals surface area contributed by atoms with Crippen molar-refractivity contribution >= 4 is 29.0 Å². The molecular weight excluding hydrogens is 456 g/mol. The molecule has 1 amide bonds. The minimum Gasteiger partial charge on any atom is -0.454 e. The first kappa shape index (κ1) is 22.3. The van der Waals surface area contributed by atoms with Gasteiger partial charge in [-0.1, -0.05) is 6.07 Å². The summed E-state index contributed by atoms with van der Waals surface area (Å²) in [5, 5.41) is 6.35. The summed E-state index contributed by atoms with van der Waals surface area (Å²) in [6, 6.07) is 13.9. The topological polar surface area (TPSA) is 69.7 Å². The molecule has 2 aromatic carbocycles. The van der Waals surface area contributed by atoms with Crippen LogP contribution in [0.25, 0.3) is 0 Å². The lowest BCUT2D eigenvalue weighted by Crippen LogP contribution is -2.44. The minimum absolute atomic E-state index is 0.0618. The van der Waals surface area contributed by atoms with Crippen molar-refractivity contribution in [1.29, 1.82) is 0 Å². The van der Waals surface area contributed by atoms with Gasteiger partial charge in [0.1, 0.15) is 0 Å². The summed E-state index contributed by atoms with van der Waals surface area (Å²) in [5.74, 6) is 2.31. The van der Waals surface area contributed by atoms with E-state index in [-0.39, 0.29) is 18.1 Å². The smallest absolute Gasteiger partial charge is 0.251 e. The summed E-state index contributed by atoms with van der Waals surface area (Å²) >= 11 is 3.39. The standard InChI is InChI=1S/C25H26N2O4S2/c1-17-27-20(13-32-17)14-33-21-5-2-18(3-6-21)24(28)26-15-25(8-10-29-11-9-25)19-4-7-22-23(12-19)31-16-30-22/h2-7,12-13H,8-11,14-16H2,1H3,(H,26,28). The van der Waals surface area contributed by atoms with E-state index >= 15 is 0 Å². The van der Waals surface area contributed by atoms with Crippen LogP contribution in [-0.2, 0) is 15.9 Å². The molecule has 3 aromatic rings. The van der Waals surface area contributed by atoms with Gasteiger partial charge in [-0.3, -0.25) is 4.79 Å². The van der Waals surface area contributed by atoms with Gasteiger partial charge in [0.25, 0.3) is 5.91 Å². The number of rotatable bonds is 7. The molecule has 0 bridgehead atoms. The fraction of sp³-hybridized carbons (Fsp3) is 0.360. The van der Waals surface area contributed by atoms with Gasteiger partial charge in [0, 0.05) is 46.8 Å². The van der Waals surface area contributed by atoms with E-state index < -0.39 is 0 Å². The van der Waals surface area contributed by atoms with Crippen LogP contribution in [0.15, 0.2) is 52.7 Å². The van der Waals surface area contributed by atoms with E-state index in [4.69, 9.17) is 14.2 Å². The third kappa shape index (κ3) is 5.03. The Balaban J connectivity index is 1.23. The van der Waals surface area contributed by atoms with Crippen molar-refractivity contribution in [1.82, 2.24) is 10.3 Å². The van der Waals surface area contributed by atoms with E-state index in [1.807, 2.05) is 37.3 Å². The third-order valence-electron chi connectivity index (χ3n) is 6.19. The number of nitrogens with zero attached hydrogens (tertiary/aromatic N) is 1. The molecule has 1 N–H and O–H groups in total. The van der Waals surface area contributed by atoms with Crippen LogP contribution in [0.3, 0.4) is 0 Å². The second kappa shape index (κ2) is 9.75. The molecule has 0 unspecified atom stereocenters. The monoisotopic (exact) mass is 482 g/mol. The van der Waals surface area contributed by atoms with Gasteiger partial charge < -0.3 is 19.5 Å². The lowest BCUT2D eigenvalue weighted by Gasteiger charge is -2.38. The number of hydrogen-bond acceptors (Lipinski definition) is 7. The Kier molecular flexibility index (Phi) is 6.57. The van der Waals surface area contributed by atoms with E-state index in [2.05, 4.69) is 27.8 Å². The van der Waals surface area contributed by atoms with Gasteiger partial charge in [0.15, 0.2) is 11.5 Å². The first-order chi connectivity index (χ1) is 16.1. The Morgan fingerprint density at radius 1 is 1.12 bits per heavy atom. The number of thiazole rings is 1. The van der Waals surface area contributed by atoms with Crippen molar-refractivity contribution in [2.45, 2.75) is 35.8 Å². The molecule has 2 aliphatic heterocycles. The van der Waals surface area contributed by atoms with Gasteiger partial charge in [-0.2, -0.15) is 0 Å². The number of aromatic nitrogens is 1. The summed E-state index contributed by atoms with van der Waals surface area (Å²) in [7, 11) is 0. The highest BCUT2D eigenvalue weighted by Crippen LogP contribution is 2.40. The van der Waals surface area contributed by atoms with E-state index in [1.165, 1.54) is 0 Å². The zero-order valence-corrected chi connectivity index (χ0v) is 20.1. The van der Waals surface area contributed by atoms with Gasteiger partial charge >= 0.3 is 0 Å². The second-order valence-corrected chi connectivity index (χ2v) is 10.4. The molecule has 5 rings (SSSR count). The average molecular weight is 483 g/mol. The number of nitrogens with one attached hydrogen (secondary N) is 1. The normalized spacial score (nSPS) is 16.5. The number of carbonyl (C=O) groups excluding carboxylic acids is 1. The Hall–Kier alpha value is -2.55. The van der Waals surface area contributed by atoms with Crippen LogP contribution in [0.4, 0.5) is 0 Å². The van der Waals surface area contributed by atoms with Crippen molar-refractivity contribution in [2.75, 3.05) is 26.6 Å². The average Bonchev–Trinajstić information content (AvgIpc) is 3.50. The van der Waals surface area contributed by atoms with E-state index in [0.717, 1.165) is 51.3 Å². The molecule has 6 nitrogen and oxygen atoms in total. The molecule has 1 fully saturated rings. The summed E-state index contributed by atoms with van der Waals surface area (Å²) in [6.07, 6.45) is 1.69. The maximum atomic E-state index is 12.9. The van der Waals surface area contributed by atoms with Crippen LogP contribution in [0.5, 0.6) is 11.5 Å². The largest absolute Gasteiger partial charge is 0.454 e. The molecule has 2 aliphatic rings. The molecule has 0 aliphatic carbocycles. The van der Waals surface area contributed by atoms with Gasteiger partial charge in [0.2, 0.25) is 6.79 Å². The van der Waals surface area contributed by atoms with Gasteiger partial charge in [-0.05, 0) is 61.7 Å². The quantitative estimate of drug-likeness (QED) is 0.481. The predicted octanol–water partition coefficient (Wildman–Crippen LogP) is 4.95. The Labute approximate surface area is 201 Å². The molecule has 33 heavy (non-hydrogen) atoms. The highest BCUT2D eigenvalue weighted by molar-refractivity contribution is 7.98. The lowest BCUT2D eigenvalue weighted by molar-refractivity contribution is 0.0486. The maximum absolute atomic E-state index is 12.9. The summed E-state index contributed by atoms with van der Waals surface area (Å²) in [6.45, 7) is 4.17. The minimum atomic E-state index is -0.184. The number of amides is 1. The molecule has 0 saturated carbocycles. The number of hydrogen-bond donors (Lipinski definition) is 1. The fourth-order valence-electron chi connectivity index (χ4n) is 4.24. The second-order valence-electron chi connectivity index (χ2n) is 8.31. The predicted molar refractivity (Wildman–Crippen MR) is 129 cm³/mol. The zero-order valence-electron chi connectivity index (χ0n) is 18.5.